The number of hydrogen-bond acceptors (Lipinski definition) is 1. The summed E-state index contributed by atoms with van der Waals surface area (Å²) in [5.41, 5.74) is 4.26. The maximum absolute atomic E-state index is 3.86. The van der Waals surface area contributed by atoms with E-state index in [9.17, 15) is 0 Å². The first kappa shape index (κ1) is 8.61. The highest BCUT2D eigenvalue weighted by Crippen LogP contribution is 2.23. The van der Waals surface area contributed by atoms with Crippen LogP contribution >= 0.6 is 0 Å². The second-order valence-electron chi connectivity index (χ2n) is 3.63. The first-order chi connectivity index (χ1) is 6.40. The van der Waals surface area contributed by atoms with Crippen molar-refractivity contribution in [3.63, 3.8) is 0 Å². The zero-order chi connectivity index (χ0) is 9.10. The molecule has 1 aliphatic rings. The Morgan fingerprint density at radius 2 is 2.31 bits per heavy atom. The summed E-state index contributed by atoms with van der Waals surface area (Å²) in [4.78, 5) is 0. The number of anilines is 1. The third kappa shape index (κ3) is 1.85. The molecule has 0 unspecified atom stereocenters. The van der Waals surface area contributed by atoms with Crippen LogP contribution in [0.2, 0.25) is 0 Å². The average molecular weight is 174 g/mol. The lowest BCUT2D eigenvalue weighted by Gasteiger charge is -2.03. The van der Waals surface area contributed by atoms with Gasteiger partial charge in [0.05, 0.1) is 0 Å². The predicted octanol–water partition coefficient (Wildman–Crippen LogP) is 2.81. The average Bonchev–Trinajstić information content (AvgIpc) is 2.61. The lowest BCUT2D eigenvalue weighted by atomic mass is 10.0. The van der Waals surface area contributed by atoms with Crippen LogP contribution in [0.15, 0.2) is 18.2 Å². The van der Waals surface area contributed by atoms with E-state index in [-0.39, 0.29) is 0 Å². The molecule has 13 heavy (non-hydrogen) atoms. The van der Waals surface area contributed by atoms with Crippen molar-refractivity contribution in [2.24, 2.45) is 0 Å². The Balaban J connectivity index is 2.12. The van der Waals surface area contributed by atoms with Crippen molar-refractivity contribution in [1.82, 2.24) is 0 Å². The fourth-order valence-corrected chi connectivity index (χ4v) is 1.82. The van der Waals surface area contributed by atoms with Crippen LogP contribution in [0.5, 0.6) is 0 Å². The van der Waals surface area contributed by atoms with Crippen LogP contribution in [0.25, 0.3) is 0 Å². The smallest absolute Gasteiger partial charge is 0.0376 e. The molecule has 1 aromatic carbocycles. The van der Waals surface area contributed by atoms with Gasteiger partial charge in [-0.3, -0.25) is 0 Å². The summed E-state index contributed by atoms with van der Waals surface area (Å²) in [5.74, 6) is 0. The van der Waals surface area contributed by atoms with Crippen molar-refractivity contribution in [3.8, 4) is 0 Å². The first-order valence-electron chi connectivity index (χ1n) is 5.05. The SMILES string of the molecule is [CH2]CCCc1ccc2c(c1)NCC2. The Bertz CT molecular complexity index is 291. The van der Waals surface area contributed by atoms with Gasteiger partial charge in [-0.2, -0.15) is 0 Å². The van der Waals surface area contributed by atoms with E-state index >= 15 is 0 Å². The molecular formula is C12H16N. The summed E-state index contributed by atoms with van der Waals surface area (Å²) >= 11 is 0. The molecule has 1 N–H and O–H groups in total. The van der Waals surface area contributed by atoms with E-state index in [1.807, 2.05) is 0 Å². The predicted molar refractivity (Wildman–Crippen MR) is 56.9 cm³/mol. The molecule has 1 heteroatoms. The number of benzene rings is 1. The largest absolute Gasteiger partial charge is 0.384 e. The maximum Gasteiger partial charge on any atom is 0.0376 e. The number of nitrogens with one attached hydrogen (secondary N) is 1. The number of aryl methyl sites for hydroxylation is 1. The fraction of sp³-hybridized carbons (Fsp3) is 0.417. The molecule has 2 rings (SSSR count). The van der Waals surface area contributed by atoms with Crippen molar-refractivity contribution in [3.05, 3.63) is 36.2 Å². The van der Waals surface area contributed by atoms with Crippen LogP contribution in [-0.4, -0.2) is 6.54 Å². The second kappa shape index (κ2) is 3.82. The Kier molecular flexibility index (Phi) is 2.53. The van der Waals surface area contributed by atoms with Gasteiger partial charge in [0.1, 0.15) is 0 Å². The molecule has 0 amide bonds. The van der Waals surface area contributed by atoms with E-state index in [1.165, 1.54) is 36.1 Å². The molecule has 0 atom stereocenters. The molecule has 0 saturated heterocycles. The van der Waals surface area contributed by atoms with E-state index in [2.05, 4.69) is 30.4 Å². The van der Waals surface area contributed by atoms with Crippen LogP contribution in [0.1, 0.15) is 24.0 Å². The Labute approximate surface area is 80.2 Å². The van der Waals surface area contributed by atoms with Crippen LogP contribution < -0.4 is 5.32 Å². The third-order valence-corrected chi connectivity index (χ3v) is 2.60. The fourth-order valence-electron chi connectivity index (χ4n) is 1.82. The molecule has 69 valence electrons. The van der Waals surface area contributed by atoms with Crippen LogP contribution in [0.4, 0.5) is 5.69 Å². The first-order valence-corrected chi connectivity index (χ1v) is 5.05. The van der Waals surface area contributed by atoms with Crippen molar-refractivity contribution >= 4 is 5.69 Å². The quantitative estimate of drug-likeness (QED) is 0.743. The van der Waals surface area contributed by atoms with Gasteiger partial charge >= 0.3 is 0 Å². The Morgan fingerprint density at radius 1 is 1.38 bits per heavy atom. The van der Waals surface area contributed by atoms with Gasteiger partial charge in [0.25, 0.3) is 0 Å². The number of hydrogen-bond donors (Lipinski definition) is 1. The monoisotopic (exact) mass is 174 g/mol. The van der Waals surface area contributed by atoms with Gasteiger partial charge in [0, 0.05) is 12.2 Å². The van der Waals surface area contributed by atoms with Gasteiger partial charge < -0.3 is 5.32 Å². The van der Waals surface area contributed by atoms with Gasteiger partial charge in [-0.15, -0.1) is 0 Å². The standard InChI is InChI=1S/C12H16N/c1-2-3-4-10-5-6-11-7-8-13-12(11)9-10/h5-6,9,13H,1-4,7-8H2. The van der Waals surface area contributed by atoms with Gasteiger partial charge in [-0.25, -0.2) is 0 Å². The summed E-state index contributed by atoms with van der Waals surface area (Å²) in [6.45, 7) is 4.96. The number of rotatable bonds is 3. The highest BCUT2D eigenvalue weighted by Gasteiger charge is 2.09. The lowest BCUT2D eigenvalue weighted by molar-refractivity contribution is 0.841. The molecule has 0 spiro atoms. The van der Waals surface area contributed by atoms with Crippen LogP contribution in [0, 0.1) is 6.92 Å². The zero-order valence-electron chi connectivity index (χ0n) is 7.97. The Morgan fingerprint density at radius 3 is 3.15 bits per heavy atom. The molecule has 0 bridgehead atoms. The van der Waals surface area contributed by atoms with Crippen LogP contribution in [-0.2, 0) is 12.8 Å². The maximum atomic E-state index is 3.86. The van der Waals surface area contributed by atoms with E-state index in [0.717, 1.165) is 13.0 Å². The minimum atomic E-state index is 1.03. The molecule has 0 aromatic heterocycles. The molecule has 0 saturated carbocycles. The molecule has 0 aliphatic carbocycles. The Hall–Kier alpha value is -0.980. The highest BCUT2D eigenvalue weighted by molar-refractivity contribution is 5.57. The van der Waals surface area contributed by atoms with Gasteiger partial charge in [-0.1, -0.05) is 25.5 Å². The molecule has 1 aliphatic heterocycles. The molecular weight excluding hydrogens is 158 g/mol. The van der Waals surface area contributed by atoms with E-state index in [1.54, 1.807) is 0 Å². The summed E-state index contributed by atoms with van der Waals surface area (Å²) in [5, 5.41) is 3.40. The third-order valence-electron chi connectivity index (χ3n) is 2.60. The van der Waals surface area contributed by atoms with Gasteiger partial charge in [0.2, 0.25) is 0 Å². The minimum Gasteiger partial charge on any atom is -0.384 e. The zero-order valence-corrected chi connectivity index (χ0v) is 7.97. The lowest BCUT2D eigenvalue weighted by Crippen LogP contribution is -1.91. The topological polar surface area (TPSA) is 12.0 Å². The highest BCUT2D eigenvalue weighted by atomic mass is 14.9. The molecule has 1 aromatic rings. The van der Waals surface area contributed by atoms with E-state index in [4.69, 9.17) is 0 Å². The van der Waals surface area contributed by atoms with Gasteiger partial charge in [0.15, 0.2) is 0 Å². The van der Waals surface area contributed by atoms with Crippen molar-refractivity contribution < 1.29 is 0 Å². The minimum absolute atomic E-state index is 1.03. The summed E-state index contributed by atoms with van der Waals surface area (Å²) in [6, 6.07) is 6.80. The normalized spacial score (nSPS) is 13.9. The van der Waals surface area contributed by atoms with Gasteiger partial charge in [-0.05, 0) is 36.5 Å². The second-order valence-corrected chi connectivity index (χ2v) is 3.63. The summed E-state index contributed by atoms with van der Waals surface area (Å²) in [6.07, 6.45) is 4.58. The van der Waals surface area contributed by atoms with Crippen molar-refractivity contribution in [2.75, 3.05) is 11.9 Å². The molecule has 0 fully saturated rings. The summed E-state index contributed by atoms with van der Waals surface area (Å²) < 4.78 is 0. The van der Waals surface area contributed by atoms with Crippen LogP contribution in [0.3, 0.4) is 0 Å². The van der Waals surface area contributed by atoms with E-state index < -0.39 is 0 Å². The summed E-state index contributed by atoms with van der Waals surface area (Å²) in [7, 11) is 0. The molecule has 1 heterocycles. The molecule has 1 nitrogen and oxygen atoms in total. The van der Waals surface area contributed by atoms with Crippen molar-refractivity contribution in [2.45, 2.75) is 25.7 Å². The molecule has 1 radical (unpaired) electrons. The number of fused-ring (bicyclic) bond motifs is 1. The van der Waals surface area contributed by atoms with Crippen molar-refractivity contribution in [1.29, 1.82) is 0 Å². The van der Waals surface area contributed by atoms with E-state index in [0.29, 0.717) is 0 Å². The number of unbranched alkanes of at least 4 members (excludes halogenated alkanes) is 1.